The third kappa shape index (κ3) is 2.12. The van der Waals surface area contributed by atoms with Crippen LogP contribution >= 0.6 is 0 Å². The molecule has 2 aliphatic carbocycles. The predicted molar refractivity (Wildman–Crippen MR) is 85.4 cm³/mol. The molecule has 0 radical (unpaired) electrons. The van der Waals surface area contributed by atoms with E-state index in [2.05, 4.69) is 40.9 Å². The number of hydrogen-bond acceptors (Lipinski definition) is 1. The molecule has 1 aromatic heterocycles. The summed E-state index contributed by atoms with van der Waals surface area (Å²) in [5.41, 5.74) is 5.46. The standard InChI is InChI=1S/C19H24N2/c1-2-19-8-4-7-16-5-3-6-17(18(16)19)11-15(12-19)13-21-10-9-20-14-21/h3,5-6,9-10,14-15H,2,4,7-8,11-13H2,1H3/t15-,19-/m1/s1. The van der Waals surface area contributed by atoms with Crippen molar-refractivity contribution in [1.82, 2.24) is 9.55 Å². The maximum absolute atomic E-state index is 4.20. The Labute approximate surface area is 127 Å². The Morgan fingerprint density at radius 2 is 2.24 bits per heavy atom. The van der Waals surface area contributed by atoms with E-state index < -0.39 is 0 Å². The highest BCUT2D eigenvalue weighted by molar-refractivity contribution is 5.45. The fraction of sp³-hybridized carbons (Fsp3) is 0.526. The third-order valence-corrected chi connectivity index (χ3v) is 5.76. The number of imidazole rings is 1. The summed E-state index contributed by atoms with van der Waals surface area (Å²) in [5, 5.41) is 0. The van der Waals surface area contributed by atoms with Crippen molar-refractivity contribution in [3.05, 3.63) is 53.6 Å². The van der Waals surface area contributed by atoms with Gasteiger partial charge in [0.25, 0.3) is 0 Å². The van der Waals surface area contributed by atoms with E-state index in [1.807, 2.05) is 12.5 Å². The average molecular weight is 280 g/mol. The van der Waals surface area contributed by atoms with Crippen molar-refractivity contribution in [1.29, 1.82) is 0 Å². The van der Waals surface area contributed by atoms with Crippen LogP contribution in [-0.2, 0) is 24.8 Å². The van der Waals surface area contributed by atoms with Crippen molar-refractivity contribution in [3.63, 3.8) is 0 Å². The van der Waals surface area contributed by atoms with E-state index in [4.69, 9.17) is 0 Å². The van der Waals surface area contributed by atoms with E-state index in [9.17, 15) is 0 Å². The predicted octanol–water partition coefficient (Wildman–Crippen LogP) is 4.13. The normalized spacial score (nSPS) is 27.4. The lowest BCUT2D eigenvalue weighted by Gasteiger charge is -2.46. The first-order valence-corrected chi connectivity index (χ1v) is 8.38. The van der Waals surface area contributed by atoms with Crippen LogP contribution in [0.4, 0.5) is 0 Å². The minimum atomic E-state index is 0.452. The Hall–Kier alpha value is -1.57. The maximum Gasteiger partial charge on any atom is 0.0945 e. The Morgan fingerprint density at radius 1 is 1.33 bits per heavy atom. The monoisotopic (exact) mass is 280 g/mol. The van der Waals surface area contributed by atoms with Gasteiger partial charge in [0, 0.05) is 18.9 Å². The van der Waals surface area contributed by atoms with Crippen molar-refractivity contribution in [2.45, 2.75) is 57.4 Å². The number of aryl methyl sites for hydroxylation is 1. The van der Waals surface area contributed by atoms with Gasteiger partial charge in [0.1, 0.15) is 0 Å². The summed E-state index contributed by atoms with van der Waals surface area (Å²) in [5.74, 6) is 0.750. The van der Waals surface area contributed by atoms with Gasteiger partial charge in [-0.15, -0.1) is 0 Å². The summed E-state index contributed by atoms with van der Waals surface area (Å²) in [6.07, 6.45) is 13.9. The zero-order valence-electron chi connectivity index (χ0n) is 12.9. The molecular formula is C19H24N2. The highest BCUT2D eigenvalue weighted by Gasteiger charge is 2.41. The highest BCUT2D eigenvalue weighted by atomic mass is 15.0. The summed E-state index contributed by atoms with van der Waals surface area (Å²) >= 11 is 0. The van der Waals surface area contributed by atoms with Crippen LogP contribution in [0.2, 0.25) is 0 Å². The molecule has 21 heavy (non-hydrogen) atoms. The van der Waals surface area contributed by atoms with Crippen LogP contribution in [0.1, 0.15) is 49.3 Å². The molecule has 2 aromatic rings. The average Bonchev–Trinajstić information content (AvgIpc) is 3.00. The molecule has 0 unspecified atom stereocenters. The smallest absolute Gasteiger partial charge is 0.0945 e. The van der Waals surface area contributed by atoms with E-state index >= 15 is 0 Å². The fourth-order valence-corrected chi connectivity index (χ4v) is 4.91. The lowest BCUT2D eigenvalue weighted by molar-refractivity contribution is 0.226. The van der Waals surface area contributed by atoms with Crippen molar-refractivity contribution >= 4 is 0 Å². The van der Waals surface area contributed by atoms with Crippen molar-refractivity contribution in [2.75, 3.05) is 0 Å². The second-order valence-electron chi connectivity index (χ2n) is 6.97. The topological polar surface area (TPSA) is 17.8 Å². The number of benzene rings is 1. The molecule has 4 rings (SSSR count). The van der Waals surface area contributed by atoms with E-state index in [0.29, 0.717) is 5.41 Å². The van der Waals surface area contributed by atoms with Gasteiger partial charge >= 0.3 is 0 Å². The molecule has 2 nitrogen and oxygen atoms in total. The molecule has 0 saturated carbocycles. The number of aromatic nitrogens is 2. The summed E-state index contributed by atoms with van der Waals surface area (Å²) < 4.78 is 2.26. The van der Waals surface area contributed by atoms with E-state index in [1.165, 1.54) is 38.5 Å². The van der Waals surface area contributed by atoms with Crippen LogP contribution in [0, 0.1) is 5.92 Å². The molecule has 1 aromatic carbocycles. The molecule has 0 fully saturated rings. The van der Waals surface area contributed by atoms with Gasteiger partial charge in [-0.05, 0) is 66.5 Å². The van der Waals surface area contributed by atoms with Crippen LogP contribution in [-0.4, -0.2) is 9.55 Å². The summed E-state index contributed by atoms with van der Waals surface area (Å²) in [6, 6.07) is 7.03. The quantitative estimate of drug-likeness (QED) is 0.826. The van der Waals surface area contributed by atoms with E-state index in [0.717, 1.165) is 12.5 Å². The lowest BCUT2D eigenvalue weighted by atomic mass is 9.59. The van der Waals surface area contributed by atoms with Gasteiger partial charge in [0.05, 0.1) is 6.33 Å². The van der Waals surface area contributed by atoms with Gasteiger partial charge in [-0.1, -0.05) is 25.1 Å². The van der Waals surface area contributed by atoms with Gasteiger partial charge in [-0.2, -0.15) is 0 Å². The van der Waals surface area contributed by atoms with Crippen LogP contribution in [0.3, 0.4) is 0 Å². The first kappa shape index (κ1) is 13.1. The van der Waals surface area contributed by atoms with Gasteiger partial charge in [0.15, 0.2) is 0 Å². The molecule has 1 heterocycles. The number of hydrogen-bond donors (Lipinski definition) is 0. The molecule has 0 amide bonds. The number of rotatable bonds is 3. The zero-order chi connectivity index (χ0) is 14.3. The molecular weight excluding hydrogens is 256 g/mol. The molecule has 2 atom stereocenters. The Morgan fingerprint density at radius 3 is 3.05 bits per heavy atom. The first-order chi connectivity index (χ1) is 10.3. The summed E-state index contributed by atoms with van der Waals surface area (Å²) in [6.45, 7) is 3.51. The second-order valence-corrected chi connectivity index (χ2v) is 6.97. The highest BCUT2D eigenvalue weighted by Crippen LogP contribution is 2.50. The van der Waals surface area contributed by atoms with Gasteiger partial charge in [0.2, 0.25) is 0 Å². The van der Waals surface area contributed by atoms with E-state index in [-0.39, 0.29) is 0 Å². The SMILES string of the molecule is CC[C@]12CCCc3cccc(c31)C[C@@H](Cn1ccnc1)C2. The molecule has 0 N–H and O–H groups in total. The Kier molecular flexibility index (Phi) is 3.13. The zero-order valence-corrected chi connectivity index (χ0v) is 12.9. The van der Waals surface area contributed by atoms with Crippen LogP contribution < -0.4 is 0 Å². The first-order valence-electron chi connectivity index (χ1n) is 8.38. The molecule has 110 valence electrons. The molecule has 2 aliphatic rings. The van der Waals surface area contributed by atoms with Crippen molar-refractivity contribution in [2.24, 2.45) is 5.92 Å². The van der Waals surface area contributed by atoms with Gasteiger partial charge in [-0.3, -0.25) is 0 Å². The van der Waals surface area contributed by atoms with Crippen molar-refractivity contribution in [3.8, 4) is 0 Å². The van der Waals surface area contributed by atoms with Gasteiger partial charge < -0.3 is 4.57 Å². The van der Waals surface area contributed by atoms with Gasteiger partial charge in [-0.25, -0.2) is 4.98 Å². The summed E-state index contributed by atoms with van der Waals surface area (Å²) in [7, 11) is 0. The van der Waals surface area contributed by atoms with Crippen LogP contribution in [0.15, 0.2) is 36.9 Å². The number of nitrogens with zero attached hydrogens (tertiary/aromatic N) is 2. The molecule has 0 bridgehead atoms. The maximum atomic E-state index is 4.20. The largest absolute Gasteiger partial charge is 0.337 e. The minimum absolute atomic E-state index is 0.452. The van der Waals surface area contributed by atoms with Crippen LogP contribution in [0.25, 0.3) is 0 Å². The molecule has 0 aliphatic heterocycles. The Balaban J connectivity index is 1.72. The molecule has 0 saturated heterocycles. The Bertz CT molecular complexity index is 629. The fourth-order valence-electron chi connectivity index (χ4n) is 4.91. The lowest BCUT2D eigenvalue weighted by Crippen LogP contribution is -2.39. The molecule has 0 spiro atoms. The molecule has 2 heteroatoms. The van der Waals surface area contributed by atoms with Crippen molar-refractivity contribution < 1.29 is 0 Å². The second kappa shape index (κ2) is 5.01. The van der Waals surface area contributed by atoms with Crippen LogP contribution in [0.5, 0.6) is 0 Å². The minimum Gasteiger partial charge on any atom is -0.337 e. The summed E-state index contributed by atoms with van der Waals surface area (Å²) in [4.78, 5) is 4.20. The van der Waals surface area contributed by atoms with E-state index in [1.54, 1.807) is 16.7 Å². The third-order valence-electron chi connectivity index (χ3n) is 5.76.